The second kappa shape index (κ2) is 6.35. The van der Waals surface area contributed by atoms with Crippen LogP contribution in [0, 0.1) is 11.8 Å². The third kappa shape index (κ3) is 3.12. The molecule has 3 unspecified atom stereocenters. The SMILES string of the molecule is CCC1CCC(NCc2ccc(CO)cc2)C1C. The van der Waals surface area contributed by atoms with Crippen molar-refractivity contribution in [1.82, 2.24) is 5.32 Å². The Bertz CT molecular complexity index is 360. The van der Waals surface area contributed by atoms with Crippen molar-refractivity contribution in [3.63, 3.8) is 0 Å². The van der Waals surface area contributed by atoms with Crippen LogP contribution >= 0.6 is 0 Å². The Labute approximate surface area is 110 Å². The van der Waals surface area contributed by atoms with Crippen LogP contribution in [0.5, 0.6) is 0 Å². The molecule has 1 aliphatic rings. The van der Waals surface area contributed by atoms with Crippen LogP contribution in [0.2, 0.25) is 0 Å². The Hall–Kier alpha value is -0.860. The van der Waals surface area contributed by atoms with Gasteiger partial charge in [-0.2, -0.15) is 0 Å². The third-order valence-electron chi connectivity index (χ3n) is 4.53. The van der Waals surface area contributed by atoms with Gasteiger partial charge in [0.25, 0.3) is 0 Å². The molecule has 1 fully saturated rings. The summed E-state index contributed by atoms with van der Waals surface area (Å²) >= 11 is 0. The van der Waals surface area contributed by atoms with Gasteiger partial charge in [0, 0.05) is 12.6 Å². The molecule has 1 aliphatic carbocycles. The van der Waals surface area contributed by atoms with Crippen LogP contribution in [0.3, 0.4) is 0 Å². The highest BCUT2D eigenvalue weighted by atomic mass is 16.3. The molecular formula is C16H25NO. The molecule has 0 spiro atoms. The van der Waals surface area contributed by atoms with Gasteiger partial charge in [-0.1, -0.05) is 44.5 Å². The second-order valence-corrected chi connectivity index (χ2v) is 5.57. The van der Waals surface area contributed by atoms with Crippen molar-refractivity contribution in [3.05, 3.63) is 35.4 Å². The van der Waals surface area contributed by atoms with Crippen LogP contribution in [0.25, 0.3) is 0 Å². The van der Waals surface area contributed by atoms with Crippen LogP contribution in [0.4, 0.5) is 0 Å². The lowest BCUT2D eigenvalue weighted by atomic mass is 9.93. The van der Waals surface area contributed by atoms with Gasteiger partial charge in [-0.15, -0.1) is 0 Å². The average Bonchev–Trinajstić information content (AvgIpc) is 2.77. The van der Waals surface area contributed by atoms with Crippen molar-refractivity contribution in [2.24, 2.45) is 11.8 Å². The quantitative estimate of drug-likeness (QED) is 0.838. The number of hydrogen-bond acceptors (Lipinski definition) is 2. The second-order valence-electron chi connectivity index (χ2n) is 5.57. The van der Waals surface area contributed by atoms with Crippen molar-refractivity contribution in [2.75, 3.05) is 0 Å². The van der Waals surface area contributed by atoms with E-state index in [1.165, 1.54) is 24.8 Å². The van der Waals surface area contributed by atoms with Crippen molar-refractivity contribution >= 4 is 0 Å². The van der Waals surface area contributed by atoms with Crippen LogP contribution in [-0.2, 0) is 13.2 Å². The smallest absolute Gasteiger partial charge is 0.0681 e. The molecule has 3 atom stereocenters. The van der Waals surface area contributed by atoms with Gasteiger partial charge in [0.1, 0.15) is 0 Å². The van der Waals surface area contributed by atoms with Gasteiger partial charge in [0.05, 0.1) is 6.61 Å². The molecule has 2 rings (SSSR count). The highest BCUT2D eigenvalue weighted by Crippen LogP contribution is 2.33. The normalized spacial score (nSPS) is 27.6. The molecule has 1 saturated carbocycles. The summed E-state index contributed by atoms with van der Waals surface area (Å²) < 4.78 is 0. The summed E-state index contributed by atoms with van der Waals surface area (Å²) in [5, 5.41) is 12.7. The van der Waals surface area contributed by atoms with Crippen molar-refractivity contribution < 1.29 is 5.11 Å². The molecule has 18 heavy (non-hydrogen) atoms. The monoisotopic (exact) mass is 247 g/mol. The molecule has 2 nitrogen and oxygen atoms in total. The number of benzene rings is 1. The van der Waals surface area contributed by atoms with Gasteiger partial charge in [0.2, 0.25) is 0 Å². The summed E-state index contributed by atoms with van der Waals surface area (Å²) in [6, 6.07) is 8.89. The molecule has 2 N–H and O–H groups in total. The number of aliphatic hydroxyl groups excluding tert-OH is 1. The third-order valence-corrected chi connectivity index (χ3v) is 4.53. The van der Waals surface area contributed by atoms with Gasteiger partial charge in [-0.3, -0.25) is 0 Å². The van der Waals surface area contributed by atoms with E-state index in [0.29, 0.717) is 6.04 Å². The Morgan fingerprint density at radius 2 is 1.83 bits per heavy atom. The fourth-order valence-corrected chi connectivity index (χ4v) is 3.12. The first-order valence-corrected chi connectivity index (χ1v) is 7.16. The molecule has 0 amide bonds. The van der Waals surface area contributed by atoms with Crippen LogP contribution in [0.1, 0.15) is 44.2 Å². The van der Waals surface area contributed by atoms with Crippen LogP contribution in [-0.4, -0.2) is 11.1 Å². The first kappa shape index (κ1) is 13.6. The van der Waals surface area contributed by atoms with Crippen molar-refractivity contribution in [1.29, 1.82) is 0 Å². The summed E-state index contributed by atoms with van der Waals surface area (Å²) in [6.07, 6.45) is 4.00. The minimum atomic E-state index is 0.131. The van der Waals surface area contributed by atoms with Gasteiger partial charge in [0.15, 0.2) is 0 Å². The molecule has 0 heterocycles. The van der Waals surface area contributed by atoms with Gasteiger partial charge in [-0.25, -0.2) is 0 Å². The molecular weight excluding hydrogens is 222 g/mol. The Morgan fingerprint density at radius 1 is 1.17 bits per heavy atom. The number of aliphatic hydroxyl groups is 1. The average molecular weight is 247 g/mol. The standard InChI is InChI=1S/C16H25NO/c1-3-15-8-9-16(12(15)2)17-10-13-4-6-14(11-18)7-5-13/h4-7,12,15-18H,3,8-11H2,1-2H3. The predicted molar refractivity (Wildman–Crippen MR) is 75.2 cm³/mol. The highest BCUT2D eigenvalue weighted by Gasteiger charge is 2.30. The molecule has 0 aliphatic heterocycles. The molecule has 0 aromatic heterocycles. The first-order valence-electron chi connectivity index (χ1n) is 7.16. The Kier molecular flexibility index (Phi) is 4.79. The van der Waals surface area contributed by atoms with Crippen molar-refractivity contribution in [3.8, 4) is 0 Å². The molecule has 1 aromatic carbocycles. The van der Waals surface area contributed by atoms with Gasteiger partial charge in [-0.05, 0) is 35.8 Å². The van der Waals surface area contributed by atoms with Crippen LogP contribution in [0.15, 0.2) is 24.3 Å². The summed E-state index contributed by atoms with van der Waals surface area (Å²) in [4.78, 5) is 0. The van der Waals surface area contributed by atoms with E-state index in [4.69, 9.17) is 5.11 Å². The lowest BCUT2D eigenvalue weighted by molar-refractivity contribution is 0.282. The fraction of sp³-hybridized carbons (Fsp3) is 0.625. The lowest BCUT2D eigenvalue weighted by Crippen LogP contribution is -2.32. The zero-order valence-corrected chi connectivity index (χ0v) is 11.5. The lowest BCUT2D eigenvalue weighted by Gasteiger charge is -2.21. The van der Waals surface area contributed by atoms with E-state index >= 15 is 0 Å². The summed E-state index contributed by atoms with van der Waals surface area (Å²) in [7, 11) is 0. The minimum absolute atomic E-state index is 0.131. The summed E-state index contributed by atoms with van der Waals surface area (Å²) in [5.41, 5.74) is 2.29. The highest BCUT2D eigenvalue weighted by molar-refractivity contribution is 5.21. The molecule has 0 bridgehead atoms. The van der Waals surface area contributed by atoms with E-state index in [0.717, 1.165) is 23.9 Å². The van der Waals surface area contributed by atoms with E-state index < -0.39 is 0 Å². The Balaban J connectivity index is 1.84. The molecule has 2 heteroatoms. The van der Waals surface area contributed by atoms with Gasteiger partial charge < -0.3 is 10.4 Å². The van der Waals surface area contributed by atoms with Crippen molar-refractivity contribution in [2.45, 2.75) is 52.3 Å². The van der Waals surface area contributed by atoms with E-state index in [9.17, 15) is 0 Å². The maximum atomic E-state index is 9.01. The molecule has 0 radical (unpaired) electrons. The van der Waals surface area contributed by atoms with E-state index in [1.54, 1.807) is 0 Å². The molecule has 0 saturated heterocycles. The zero-order chi connectivity index (χ0) is 13.0. The zero-order valence-electron chi connectivity index (χ0n) is 11.5. The summed E-state index contributed by atoms with van der Waals surface area (Å²) in [6.45, 7) is 5.76. The molecule has 1 aromatic rings. The number of hydrogen-bond donors (Lipinski definition) is 2. The first-order chi connectivity index (χ1) is 8.74. The predicted octanol–water partition coefficient (Wildman–Crippen LogP) is 3.09. The van der Waals surface area contributed by atoms with Gasteiger partial charge >= 0.3 is 0 Å². The maximum Gasteiger partial charge on any atom is 0.0681 e. The fourth-order valence-electron chi connectivity index (χ4n) is 3.12. The topological polar surface area (TPSA) is 32.3 Å². The number of nitrogens with one attached hydrogen (secondary N) is 1. The van der Waals surface area contributed by atoms with E-state index in [2.05, 4.69) is 31.3 Å². The van der Waals surface area contributed by atoms with E-state index in [1.807, 2.05) is 12.1 Å². The Morgan fingerprint density at radius 3 is 2.39 bits per heavy atom. The van der Waals surface area contributed by atoms with Crippen LogP contribution < -0.4 is 5.32 Å². The molecule has 100 valence electrons. The summed E-state index contributed by atoms with van der Waals surface area (Å²) in [5.74, 6) is 1.70. The largest absolute Gasteiger partial charge is 0.392 e. The van der Waals surface area contributed by atoms with E-state index in [-0.39, 0.29) is 6.61 Å². The maximum absolute atomic E-state index is 9.01. The number of rotatable bonds is 5. The minimum Gasteiger partial charge on any atom is -0.392 e.